The maximum atomic E-state index is 11.0. The van der Waals surface area contributed by atoms with Crippen molar-refractivity contribution in [2.24, 2.45) is 5.10 Å². The number of nitrogens with zero attached hydrogens (tertiary/aromatic N) is 1. The van der Waals surface area contributed by atoms with E-state index >= 15 is 0 Å². The highest BCUT2D eigenvalue weighted by atomic mass is 16.4. The van der Waals surface area contributed by atoms with Crippen LogP contribution in [0.1, 0.15) is 21.9 Å². The van der Waals surface area contributed by atoms with Crippen LogP contribution in [-0.2, 0) is 6.61 Å². The topological polar surface area (TPSA) is 95.1 Å². The van der Waals surface area contributed by atoms with E-state index in [1.165, 1.54) is 12.3 Å². The van der Waals surface area contributed by atoms with Crippen LogP contribution in [0.5, 0.6) is 0 Å². The molecular weight excluding hydrogens is 248 g/mol. The van der Waals surface area contributed by atoms with Gasteiger partial charge in [-0.1, -0.05) is 12.1 Å². The summed E-state index contributed by atoms with van der Waals surface area (Å²) in [7, 11) is 0. The Bertz CT molecular complexity index is 604. The highest BCUT2D eigenvalue weighted by molar-refractivity contribution is 5.94. The number of aromatic carboxylic acids is 1. The van der Waals surface area contributed by atoms with Crippen molar-refractivity contribution in [2.45, 2.75) is 6.61 Å². The first kappa shape index (κ1) is 12.8. The fourth-order valence-corrected chi connectivity index (χ4v) is 1.48. The minimum Gasteiger partial charge on any atom is -0.478 e. The van der Waals surface area contributed by atoms with Gasteiger partial charge in [-0.25, -0.2) is 4.79 Å². The van der Waals surface area contributed by atoms with Gasteiger partial charge in [-0.05, 0) is 24.3 Å². The number of aliphatic hydroxyl groups excluding tert-OH is 1. The third-order valence-corrected chi connectivity index (χ3v) is 2.37. The molecule has 0 aliphatic rings. The van der Waals surface area contributed by atoms with Gasteiger partial charge in [0.25, 0.3) is 0 Å². The summed E-state index contributed by atoms with van der Waals surface area (Å²) in [5, 5.41) is 21.7. The highest BCUT2D eigenvalue weighted by Crippen LogP contribution is 2.14. The van der Waals surface area contributed by atoms with Crippen LogP contribution in [0.3, 0.4) is 0 Å². The quantitative estimate of drug-likeness (QED) is 0.564. The number of nitrogens with one attached hydrogen (secondary N) is 1. The standard InChI is InChI=1S/C13H12N2O4/c16-8-10-6-5-9(19-10)7-14-15-12-4-2-1-3-11(12)13(17)18/h1-7,15-16H,8H2,(H,17,18)/b14-7-. The number of aliphatic hydroxyl groups is 1. The Balaban J connectivity index is 2.08. The second kappa shape index (κ2) is 5.83. The van der Waals surface area contributed by atoms with Gasteiger partial charge in [-0.2, -0.15) is 5.10 Å². The summed E-state index contributed by atoms with van der Waals surface area (Å²) in [4.78, 5) is 11.0. The Labute approximate surface area is 109 Å². The van der Waals surface area contributed by atoms with Crippen molar-refractivity contribution >= 4 is 17.9 Å². The first-order valence-electron chi connectivity index (χ1n) is 5.51. The largest absolute Gasteiger partial charge is 0.478 e. The molecule has 98 valence electrons. The lowest BCUT2D eigenvalue weighted by Gasteiger charge is -2.03. The molecule has 2 rings (SSSR count). The summed E-state index contributed by atoms with van der Waals surface area (Å²) in [6.45, 7) is -0.177. The Hall–Kier alpha value is -2.60. The number of rotatable bonds is 5. The van der Waals surface area contributed by atoms with Crippen molar-refractivity contribution in [1.29, 1.82) is 0 Å². The molecule has 0 unspecified atom stereocenters. The van der Waals surface area contributed by atoms with Gasteiger partial charge in [0, 0.05) is 0 Å². The third kappa shape index (κ3) is 3.20. The van der Waals surface area contributed by atoms with Crippen LogP contribution in [-0.4, -0.2) is 22.4 Å². The van der Waals surface area contributed by atoms with E-state index in [1.54, 1.807) is 30.3 Å². The maximum Gasteiger partial charge on any atom is 0.337 e. The Kier molecular flexibility index (Phi) is 3.94. The molecule has 0 aliphatic carbocycles. The van der Waals surface area contributed by atoms with Gasteiger partial charge in [0.15, 0.2) is 0 Å². The molecule has 1 aromatic carbocycles. The van der Waals surface area contributed by atoms with Gasteiger partial charge >= 0.3 is 5.97 Å². The smallest absolute Gasteiger partial charge is 0.337 e. The van der Waals surface area contributed by atoms with E-state index in [4.69, 9.17) is 14.6 Å². The van der Waals surface area contributed by atoms with Crippen LogP contribution in [0.4, 0.5) is 5.69 Å². The number of hydrogen-bond donors (Lipinski definition) is 3. The van der Waals surface area contributed by atoms with Crippen LogP contribution in [0.25, 0.3) is 0 Å². The summed E-state index contributed by atoms with van der Waals surface area (Å²) in [6, 6.07) is 9.73. The summed E-state index contributed by atoms with van der Waals surface area (Å²) in [5.74, 6) is -0.129. The predicted molar refractivity (Wildman–Crippen MR) is 69.2 cm³/mol. The lowest BCUT2D eigenvalue weighted by atomic mass is 10.2. The van der Waals surface area contributed by atoms with E-state index in [0.717, 1.165) is 0 Å². The maximum absolute atomic E-state index is 11.0. The first-order chi connectivity index (χ1) is 9.20. The molecule has 2 aromatic rings. The van der Waals surface area contributed by atoms with E-state index < -0.39 is 5.97 Å². The van der Waals surface area contributed by atoms with E-state index in [1.807, 2.05) is 0 Å². The van der Waals surface area contributed by atoms with Crippen LogP contribution in [0.2, 0.25) is 0 Å². The van der Waals surface area contributed by atoms with Gasteiger partial charge in [-0.15, -0.1) is 0 Å². The fraction of sp³-hybridized carbons (Fsp3) is 0.0769. The zero-order valence-electron chi connectivity index (χ0n) is 9.91. The lowest BCUT2D eigenvalue weighted by Crippen LogP contribution is -2.01. The van der Waals surface area contributed by atoms with Gasteiger partial charge < -0.3 is 14.6 Å². The zero-order valence-corrected chi connectivity index (χ0v) is 9.91. The van der Waals surface area contributed by atoms with Crippen molar-refractivity contribution in [3.05, 3.63) is 53.5 Å². The molecule has 1 aromatic heterocycles. The molecule has 0 saturated heterocycles. The van der Waals surface area contributed by atoms with Crippen LogP contribution >= 0.6 is 0 Å². The number of furan rings is 1. The number of para-hydroxylation sites is 1. The van der Waals surface area contributed by atoms with Crippen LogP contribution in [0, 0.1) is 0 Å². The zero-order chi connectivity index (χ0) is 13.7. The average Bonchev–Trinajstić information content (AvgIpc) is 2.87. The SMILES string of the molecule is O=C(O)c1ccccc1N/N=C\c1ccc(CO)o1. The average molecular weight is 260 g/mol. The van der Waals surface area contributed by atoms with Crippen molar-refractivity contribution in [3.63, 3.8) is 0 Å². The number of anilines is 1. The molecule has 0 radical (unpaired) electrons. The predicted octanol–water partition coefficient (Wildman–Crippen LogP) is 1.92. The second-order valence-corrected chi connectivity index (χ2v) is 3.68. The summed E-state index contributed by atoms with van der Waals surface area (Å²) >= 11 is 0. The Morgan fingerprint density at radius 2 is 2.11 bits per heavy atom. The number of hydrazone groups is 1. The molecule has 0 atom stereocenters. The van der Waals surface area contributed by atoms with Gasteiger partial charge in [-0.3, -0.25) is 5.43 Å². The fourth-order valence-electron chi connectivity index (χ4n) is 1.48. The first-order valence-corrected chi connectivity index (χ1v) is 5.51. The number of hydrogen-bond acceptors (Lipinski definition) is 5. The number of carboxylic acids is 1. The molecule has 6 nitrogen and oxygen atoms in total. The van der Waals surface area contributed by atoms with E-state index in [0.29, 0.717) is 17.2 Å². The van der Waals surface area contributed by atoms with Gasteiger partial charge in [0.05, 0.1) is 17.5 Å². The van der Waals surface area contributed by atoms with Crippen molar-refractivity contribution in [1.82, 2.24) is 0 Å². The highest BCUT2D eigenvalue weighted by Gasteiger charge is 2.07. The molecule has 0 amide bonds. The van der Waals surface area contributed by atoms with Crippen LogP contribution < -0.4 is 5.43 Å². The summed E-state index contributed by atoms with van der Waals surface area (Å²) < 4.78 is 5.19. The number of carbonyl (C=O) groups is 1. The minimum absolute atomic E-state index is 0.134. The molecule has 6 heteroatoms. The van der Waals surface area contributed by atoms with Crippen molar-refractivity contribution in [3.8, 4) is 0 Å². The molecule has 0 spiro atoms. The molecule has 1 heterocycles. The molecule has 0 bridgehead atoms. The molecular formula is C13H12N2O4. The van der Waals surface area contributed by atoms with Gasteiger partial charge in [0.2, 0.25) is 0 Å². The Morgan fingerprint density at radius 1 is 1.32 bits per heavy atom. The molecule has 0 aliphatic heterocycles. The third-order valence-electron chi connectivity index (χ3n) is 2.37. The van der Waals surface area contributed by atoms with Crippen molar-refractivity contribution < 1.29 is 19.4 Å². The summed E-state index contributed by atoms with van der Waals surface area (Å²) in [5.41, 5.74) is 3.16. The van der Waals surface area contributed by atoms with Crippen LogP contribution in [0.15, 0.2) is 45.9 Å². The summed E-state index contributed by atoms with van der Waals surface area (Å²) in [6.07, 6.45) is 1.40. The normalized spacial score (nSPS) is 10.8. The molecule has 0 fully saturated rings. The monoisotopic (exact) mass is 260 g/mol. The van der Waals surface area contributed by atoms with E-state index in [-0.39, 0.29) is 12.2 Å². The molecule has 19 heavy (non-hydrogen) atoms. The van der Waals surface area contributed by atoms with E-state index in [2.05, 4.69) is 10.5 Å². The van der Waals surface area contributed by atoms with Crippen molar-refractivity contribution in [2.75, 3.05) is 5.43 Å². The number of carboxylic acid groups (broad SMARTS) is 1. The second-order valence-electron chi connectivity index (χ2n) is 3.68. The molecule has 0 saturated carbocycles. The minimum atomic E-state index is -1.03. The van der Waals surface area contributed by atoms with Gasteiger partial charge in [0.1, 0.15) is 18.1 Å². The lowest BCUT2D eigenvalue weighted by molar-refractivity contribution is 0.0698. The van der Waals surface area contributed by atoms with E-state index in [9.17, 15) is 4.79 Å². The molecule has 3 N–H and O–H groups in total. The Morgan fingerprint density at radius 3 is 2.79 bits per heavy atom. The number of benzene rings is 1.